The van der Waals surface area contributed by atoms with Gasteiger partial charge in [-0.25, -0.2) is 0 Å². The first-order valence-electron chi connectivity index (χ1n) is 3.18. The average molecular weight is 134 g/mol. The van der Waals surface area contributed by atoms with E-state index in [4.69, 9.17) is 0 Å². The lowest BCUT2D eigenvalue weighted by molar-refractivity contribution is 1.24. The number of hydrogen-bond donors (Lipinski definition) is 0. The van der Waals surface area contributed by atoms with Crippen molar-refractivity contribution in [1.29, 1.82) is 0 Å². The number of aliphatic imine (C=N–C) groups is 1. The molecule has 0 bridgehead atoms. The zero-order valence-corrected chi connectivity index (χ0v) is 6.20. The topological polar surface area (TPSA) is 25.2 Å². The van der Waals surface area contributed by atoms with E-state index in [1.54, 1.807) is 19.5 Å². The standard InChI is InChI=1S/C8H10N2/c1-7-4-3-5-10-8(7)6-9-2/h3-6H,1-2H3/b9-6+. The van der Waals surface area contributed by atoms with Crippen LogP contribution in [0.25, 0.3) is 0 Å². The maximum Gasteiger partial charge on any atom is 0.0836 e. The van der Waals surface area contributed by atoms with Gasteiger partial charge in [0.05, 0.1) is 5.69 Å². The van der Waals surface area contributed by atoms with Crippen LogP contribution < -0.4 is 0 Å². The molecule has 1 heterocycles. The van der Waals surface area contributed by atoms with Crippen LogP contribution in [-0.2, 0) is 0 Å². The summed E-state index contributed by atoms with van der Waals surface area (Å²) in [6.07, 6.45) is 3.53. The molecule has 1 aromatic rings. The van der Waals surface area contributed by atoms with Crippen LogP contribution in [0.5, 0.6) is 0 Å². The highest BCUT2D eigenvalue weighted by molar-refractivity contribution is 5.78. The fraction of sp³-hybridized carbons (Fsp3) is 0.250. The number of rotatable bonds is 1. The lowest BCUT2D eigenvalue weighted by Crippen LogP contribution is -1.89. The highest BCUT2D eigenvalue weighted by atomic mass is 14.7. The summed E-state index contributed by atoms with van der Waals surface area (Å²) in [6, 6.07) is 3.94. The molecule has 0 N–H and O–H groups in total. The Labute approximate surface area is 60.6 Å². The Bertz CT molecular complexity index is 241. The Kier molecular flexibility index (Phi) is 2.15. The molecule has 0 aliphatic carbocycles. The third-order valence-electron chi connectivity index (χ3n) is 1.30. The fourth-order valence-corrected chi connectivity index (χ4v) is 0.755. The molecule has 10 heavy (non-hydrogen) atoms. The largest absolute Gasteiger partial charge is 0.294 e. The van der Waals surface area contributed by atoms with Crippen molar-refractivity contribution in [3.8, 4) is 0 Å². The van der Waals surface area contributed by atoms with Gasteiger partial charge in [-0.2, -0.15) is 0 Å². The van der Waals surface area contributed by atoms with E-state index in [0.29, 0.717) is 0 Å². The maximum absolute atomic E-state index is 4.12. The lowest BCUT2D eigenvalue weighted by atomic mass is 10.2. The molecule has 1 aromatic heterocycles. The number of nitrogens with zero attached hydrogens (tertiary/aromatic N) is 2. The van der Waals surface area contributed by atoms with E-state index < -0.39 is 0 Å². The molecule has 0 atom stereocenters. The van der Waals surface area contributed by atoms with E-state index in [9.17, 15) is 0 Å². The second-order valence-corrected chi connectivity index (χ2v) is 2.09. The summed E-state index contributed by atoms with van der Waals surface area (Å²) >= 11 is 0. The number of hydrogen-bond acceptors (Lipinski definition) is 2. The SMILES string of the molecule is C/N=C/c1ncccc1C. The van der Waals surface area contributed by atoms with Crippen LogP contribution >= 0.6 is 0 Å². The van der Waals surface area contributed by atoms with Crippen molar-refractivity contribution in [1.82, 2.24) is 4.98 Å². The van der Waals surface area contributed by atoms with Crippen LogP contribution in [0, 0.1) is 6.92 Å². The van der Waals surface area contributed by atoms with E-state index in [1.165, 1.54) is 0 Å². The Morgan fingerprint density at radius 3 is 3.00 bits per heavy atom. The van der Waals surface area contributed by atoms with Gasteiger partial charge < -0.3 is 0 Å². The van der Waals surface area contributed by atoms with Gasteiger partial charge in [-0.1, -0.05) is 6.07 Å². The zero-order valence-electron chi connectivity index (χ0n) is 6.20. The molecule has 2 nitrogen and oxygen atoms in total. The van der Waals surface area contributed by atoms with Crippen molar-refractivity contribution in [2.75, 3.05) is 7.05 Å². The minimum absolute atomic E-state index is 0.949. The molecule has 0 fully saturated rings. The van der Waals surface area contributed by atoms with Gasteiger partial charge in [0.25, 0.3) is 0 Å². The number of pyridine rings is 1. The molecule has 52 valence electrons. The van der Waals surface area contributed by atoms with Crippen molar-refractivity contribution in [2.24, 2.45) is 4.99 Å². The van der Waals surface area contributed by atoms with Gasteiger partial charge in [0, 0.05) is 19.5 Å². The monoisotopic (exact) mass is 134 g/mol. The van der Waals surface area contributed by atoms with Crippen molar-refractivity contribution >= 4 is 6.21 Å². The van der Waals surface area contributed by atoms with E-state index in [0.717, 1.165) is 11.3 Å². The molecular formula is C8H10N2. The highest BCUT2D eigenvalue weighted by Crippen LogP contribution is 1.98. The van der Waals surface area contributed by atoms with Gasteiger partial charge in [0.1, 0.15) is 0 Å². The van der Waals surface area contributed by atoms with E-state index >= 15 is 0 Å². The van der Waals surface area contributed by atoms with Crippen molar-refractivity contribution < 1.29 is 0 Å². The molecule has 0 aliphatic rings. The smallest absolute Gasteiger partial charge is 0.0836 e. The minimum atomic E-state index is 0.949. The quantitative estimate of drug-likeness (QED) is 0.533. The summed E-state index contributed by atoms with van der Waals surface area (Å²) in [5.41, 5.74) is 2.11. The van der Waals surface area contributed by atoms with Crippen molar-refractivity contribution in [3.05, 3.63) is 29.6 Å². The first-order valence-corrected chi connectivity index (χ1v) is 3.18. The minimum Gasteiger partial charge on any atom is -0.294 e. The van der Waals surface area contributed by atoms with Crippen LogP contribution in [0.4, 0.5) is 0 Å². The van der Waals surface area contributed by atoms with Crippen LogP contribution in [-0.4, -0.2) is 18.2 Å². The van der Waals surface area contributed by atoms with E-state index in [2.05, 4.69) is 9.98 Å². The van der Waals surface area contributed by atoms with Crippen LogP contribution in [0.3, 0.4) is 0 Å². The van der Waals surface area contributed by atoms with Crippen molar-refractivity contribution in [2.45, 2.75) is 6.92 Å². The molecule has 0 unspecified atom stereocenters. The lowest BCUT2D eigenvalue weighted by Gasteiger charge is -1.94. The summed E-state index contributed by atoms with van der Waals surface area (Å²) in [6.45, 7) is 2.02. The molecule has 0 saturated carbocycles. The third-order valence-corrected chi connectivity index (χ3v) is 1.30. The molecule has 0 radical (unpaired) electrons. The predicted molar refractivity (Wildman–Crippen MR) is 42.5 cm³/mol. The summed E-state index contributed by atoms with van der Waals surface area (Å²) in [5, 5.41) is 0. The fourth-order valence-electron chi connectivity index (χ4n) is 0.755. The highest BCUT2D eigenvalue weighted by Gasteiger charge is 1.90. The molecule has 0 amide bonds. The zero-order chi connectivity index (χ0) is 7.40. The molecule has 2 heteroatoms. The van der Waals surface area contributed by atoms with Crippen LogP contribution in [0.2, 0.25) is 0 Å². The molecule has 0 aliphatic heterocycles. The summed E-state index contributed by atoms with van der Waals surface area (Å²) in [5.74, 6) is 0. The Morgan fingerprint density at radius 2 is 2.40 bits per heavy atom. The molecule has 0 spiro atoms. The third kappa shape index (κ3) is 1.41. The second-order valence-electron chi connectivity index (χ2n) is 2.09. The summed E-state index contributed by atoms with van der Waals surface area (Å²) < 4.78 is 0. The summed E-state index contributed by atoms with van der Waals surface area (Å²) in [7, 11) is 1.74. The Morgan fingerprint density at radius 1 is 1.60 bits per heavy atom. The van der Waals surface area contributed by atoms with Gasteiger partial charge in [0.15, 0.2) is 0 Å². The Balaban J connectivity index is 3.03. The van der Waals surface area contributed by atoms with Gasteiger partial charge >= 0.3 is 0 Å². The summed E-state index contributed by atoms with van der Waals surface area (Å²) in [4.78, 5) is 8.00. The number of aromatic nitrogens is 1. The molecule has 0 aromatic carbocycles. The number of aryl methyl sites for hydroxylation is 1. The van der Waals surface area contributed by atoms with E-state index in [1.807, 2.05) is 19.1 Å². The molecule has 1 rings (SSSR count). The first kappa shape index (κ1) is 6.93. The maximum atomic E-state index is 4.12. The van der Waals surface area contributed by atoms with Crippen LogP contribution in [0.1, 0.15) is 11.3 Å². The van der Waals surface area contributed by atoms with Gasteiger partial charge in [-0.3, -0.25) is 9.98 Å². The molecule has 0 saturated heterocycles. The van der Waals surface area contributed by atoms with Gasteiger partial charge in [-0.15, -0.1) is 0 Å². The van der Waals surface area contributed by atoms with Gasteiger partial charge in [0.2, 0.25) is 0 Å². The van der Waals surface area contributed by atoms with Crippen molar-refractivity contribution in [3.63, 3.8) is 0 Å². The second kappa shape index (κ2) is 3.11. The normalized spacial score (nSPS) is 10.6. The Hall–Kier alpha value is -1.18. The predicted octanol–water partition coefficient (Wildman–Crippen LogP) is 1.44. The van der Waals surface area contributed by atoms with E-state index in [-0.39, 0.29) is 0 Å². The first-order chi connectivity index (χ1) is 4.84. The van der Waals surface area contributed by atoms with Gasteiger partial charge in [-0.05, 0) is 18.6 Å². The average Bonchev–Trinajstić information content (AvgIpc) is 1.94. The molecular weight excluding hydrogens is 124 g/mol. The van der Waals surface area contributed by atoms with Crippen LogP contribution in [0.15, 0.2) is 23.3 Å².